The van der Waals surface area contributed by atoms with Gasteiger partial charge in [-0.15, -0.1) is 0 Å². The predicted molar refractivity (Wildman–Crippen MR) is 193 cm³/mol. The van der Waals surface area contributed by atoms with Gasteiger partial charge in [0, 0.05) is 6.42 Å². The smallest absolute Gasteiger partial charge is 0.220 e. The van der Waals surface area contributed by atoms with Gasteiger partial charge in [-0.2, -0.15) is 0 Å². The summed E-state index contributed by atoms with van der Waals surface area (Å²) in [6.07, 6.45) is 43.3. The van der Waals surface area contributed by atoms with E-state index in [0.717, 1.165) is 25.7 Å². The van der Waals surface area contributed by atoms with Gasteiger partial charge in [0.25, 0.3) is 0 Å². The van der Waals surface area contributed by atoms with E-state index in [1.807, 2.05) is 0 Å². The standard InChI is InChI=1S/C40H81NO3/c1-3-5-7-9-11-13-14-15-16-17-18-19-20-21-22-23-24-25-26-27-28-29-31-33-35-39(43)38(37-42)41-40(44)36-34-32-30-12-10-8-6-4-2/h38-39,42-43H,3-37H2,1-2H3,(H,41,44). The van der Waals surface area contributed by atoms with Gasteiger partial charge in [-0.3, -0.25) is 4.79 Å². The Morgan fingerprint density at radius 1 is 0.455 bits per heavy atom. The first-order chi connectivity index (χ1) is 21.7. The monoisotopic (exact) mass is 624 g/mol. The summed E-state index contributed by atoms with van der Waals surface area (Å²) in [5, 5.41) is 23.0. The molecule has 0 aromatic rings. The van der Waals surface area contributed by atoms with Crippen molar-refractivity contribution in [3.63, 3.8) is 0 Å². The second-order valence-corrected chi connectivity index (χ2v) is 14.1. The van der Waals surface area contributed by atoms with Crippen molar-refractivity contribution in [3.8, 4) is 0 Å². The van der Waals surface area contributed by atoms with Crippen LogP contribution in [0.15, 0.2) is 0 Å². The lowest BCUT2D eigenvalue weighted by molar-refractivity contribution is -0.123. The molecule has 264 valence electrons. The molecule has 0 radical (unpaired) electrons. The van der Waals surface area contributed by atoms with Crippen LogP contribution in [0.2, 0.25) is 0 Å². The predicted octanol–water partition coefficient (Wildman–Crippen LogP) is 12.1. The summed E-state index contributed by atoms with van der Waals surface area (Å²) in [5.74, 6) is -0.0336. The van der Waals surface area contributed by atoms with Crippen LogP contribution >= 0.6 is 0 Å². The van der Waals surface area contributed by atoms with Crippen molar-refractivity contribution in [2.75, 3.05) is 6.61 Å². The maximum absolute atomic E-state index is 12.2. The average molecular weight is 624 g/mol. The van der Waals surface area contributed by atoms with Gasteiger partial charge in [-0.25, -0.2) is 0 Å². The fraction of sp³-hybridized carbons (Fsp3) is 0.975. The normalized spacial score (nSPS) is 12.9. The SMILES string of the molecule is CCCCCCCCCCCCCCCCCCCCCCCCCCC(O)C(CO)NC(=O)CCCCCCCCCC. The third kappa shape index (κ3) is 32.8. The molecule has 2 atom stereocenters. The van der Waals surface area contributed by atoms with Crippen molar-refractivity contribution in [3.05, 3.63) is 0 Å². The highest BCUT2D eigenvalue weighted by Crippen LogP contribution is 2.16. The molecule has 4 heteroatoms. The van der Waals surface area contributed by atoms with Gasteiger partial charge in [0.05, 0.1) is 18.8 Å². The molecule has 3 N–H and O–H groups in total. The van der Waals surface area contributed by atoms with Crippen molar-refractivity contribution < 1.29 is 15.0 Å². The number of amides is 1. The first-order valence-electron chi connectivity index (χ1n) is 20.2. The van der Waals surface area contributed by atoms with E-state index in [4.69, 9.17) is 0 Å². The largest absolute Gasteiger partial charge is 0.394 e. The first kappa shape index (κ1) is 43.4. The third-order valence-corrected chi connectivity index (χ3v) is 9.62. The van der Waals surface area contributed by atoms with Crippen molar-refractivity contribution in [2.45, 2.75) is 244 Å². The quantitative estimate of drug-likeness (QED) is 0.0603. The Balaban J connectivity index is 3.40. The maximum atomic E-state index is 12.2. The second-order valence-electron chi connectivity index (χ2n) is 14.1. The molecule has 0 aliphatic rings. The van der Waals surface area contributed by atoms with E-state index in [1.165, 1.54) is 180 Å². The summed E-state index contributed by atoms with van der Waals surface area (Å²) >= 11 is 0. The molecule has 0 rings (SSSR count). The summed E-state index contributed by atoms with van der Waals surface area (Å²) in [6.45, 7) is 4.34. The molecule has 0 fully saturated rings. The van der Waals surface area contributed by atoms with E-state index in [0.29, 0.717) is 12.8 Å². The number of nitrogens with one attached hydrogen (secondary N) is 1. The van der Waals surface area contributed by atoms with Crippen LogP contribution in [0.25, 0.3) is 0 Å². The van der Waals surface area contributed by atoms with E-state index in [1.54, 1.807) is 0 Å². The molecule has 44 heavy (non-hydrogen) atoms. The fourth-order valence-corrected chi connectivity index (χ4v) is 6.48. The Hall–Kier alpha value is -0.610. The molecule has 0 aromatic heterocycles. The number of carbonyl (C=O) groups excluding carboxylic acids is 1. The van der Waals surface area contributed by atoms with Gasteiger partial charge in [-0.05, 0) is 12.8 Å². The molecule has 0 saturated carbocycles. The Labute approximate surface area is 276 Å². The van der Waals surface area contributed by atoms with Crippen LogP contribution in [0.4, 0.5) is 0 Å². The number of aliphatic hydroxyl groups is 2. The summed E-state index contributed by atoms with van der Waals surface area (Å²) in [4.78, 5) is 12.2. The highest BCUT2D eigenvalue weighted by Gasteiger charge is 2.19. The van der Waals surface area contributed by atoms with Crippen molar-refractivity contribution in [1.82, 2.24) is 5.32 Å². The Bertz CT molecular complexity index is 555. The van der Waals surface area contributed by atoms with E-state index in [-0.39, 0.29) is 12.5 Å². The molecule has 0 saturated heterocycles. The molecule has 0 bridgehead atoms. The number of aliphatic hydroxyl groups excluding tert-OH is 2. The molecule has 0 heterocycles. The minimum atomic E-state index is -0.651. The van der Waals surface area contributed by atoms with Gasteiger partial charge in [-0.1, -0.05) is 213 Å². The van der Waals surface area contributed by atoms with Gasteiger partial charge in [0.15, 0.2) is 0 Å². The number of hydrogen-bond acceptors (Lipinski definition) is 3. The number of carbonyl (C=O) groups is 1. The highest BCUT2D eigenvalue weighted by atomic mass is 16.3. The number of rotatable bonds is 37. The van der Waals surface area contributed by atoms with Crippen molar-refractivity contribution in [1.29, 1.82) is 0 Å². The first-order valence-corrected chi connectivity index (χ1v) is 20.2. The van der Waals surface area contributed by atoms with Crippen molar-refractivity contribution in [2.24, 2.45) is 0 Å². The summed E-state index contributed by atoms with van der Waals surface area (Å²) in [5.41, 5.74) is 0. The molecule has 2 unspecified atom stereocenters. The van der Waals surface area contributed by atoms with Crippen LogP contribution in [-0.4, -0.2) is 34.9 Å². The van der Waals surface area contributed by atoms with Crippen LogP contribution in [0.5, 0.6) is 0 Å². The van der Waals surface area contributed by atoms with Crippen LogP contribution in [0.1, 0.15) is 232 Å². The molecule has 0 spiro atoms. The molecule has 4 nitrogen and oxygen atoms in total. The van der Waals surface area contributed by atoms with E-state index < -0.39 is 12.1 Å². The van der Waals surface area contributed by atoms with Crippen molar-refractivity contribution >= 4 is 5.91 Å². The zero-order chi connectivity index (χ0) is 32.2. The highest BCUT2D eigenvalue weighted by molar-refractivity contribution is 5.76. The Morgan fingerprint density at radius 2 is 0.727 bits per heavy atom. The minimum Gasteiger partial charge on any atom is -0.394 e. The topological polar surface area (TPSA) is 69.6 Å². The van der Waals surface area contributed by atoms with Gasteiger partial charge >= 0.3 is 0 Å². The van der Waals surface area contributed by atoms with Crippen LogP contribution < -0.4 is 5.32 Å². The third-order valence-electron chi connectivity index (χ3n) is 9.62. The molecule has 0 aliphatic heterocycles. The molecular weight excluding hydrogens is 542 g/mol. The maximum Gasteiger partial charge on any atom is 0.220 e. The zero-order valence-electron chi connectivity index (χ0n) is 30.2. The summed E-state index contributed by atoms with van der Waals surface area (Å²) in [6, 6.07) is -0.527. The lowest BCUT2D eigenvalue weighted by Gasteiger charge is -2.22. The zero-order valence-corrected chi connectivity index (χ0v) is 30.2. The van der Waals surface area contributed by atoms with Gasteiger partial charge in [0.2, 0.25) is 5.91 Å². The van der Waals surface area contributed by atoms with E-state index in [2.05, 4.69) is 19.2 Å². The van der Waals surface area contributed by atoms with Crippen LogP contribution in [-0.2, 0) is 4.79 Å². The summed E-state index contributed by atoms with van der Waals surface area (Å²) < 4.78 is 0. The fourth-order valence-electron chi connectivity index (χ4n) is 6.48. The summed E-state index contributed by atoms with van der Waals surface area (Å²) in [7, 11) is 0. The van der Waals surface area contributed by atoms with Crippen LogP contribution in [0.3, 0.4) is 0 Å². The van der Waals surface area contributed by atoms with E-state index >= 15 is 0 Å². The molecule has 0 aromatic carbocycles. The van der Waals surface area contributed by atoms with Gasteiger partial charge < -0.3 is 15.5 Å². The molecule has 0 aliphatic carbocycles. The number of unbranched alkanes of at least 4 members (excludes halogenated alkanes) is 30. The van der Waals surface area contributed by atoms with Gasteiger partial charge in [0.1, 0.15) is 0 Å². The minimum absolute atomic E-state index is 0.0336. The lowest BCUT2D eigenvalue weighted by atomic mass is 10.0. The lowest BCUT2D eigenvalue weighted by Crippen LogP contribution is -2.45. The number of hydrogen-bond donors (Lipinski definition) is 3. The molecular formula is C40H81NO3. The average Bonchev–Trinajstić information content (AvgIpc) is 3.03. The van der Waals surface area contributed by atoms with E-state index in [9.17, 15) is 15.0 Å². The Morgan fingerprint density at radius 3 is 1.02 bits per heavy atom. The molecule has 1 amide bonds. The second kappa shape index (κ2) is 36.9. The van der Waals surface area contributed by atoms with Crippen LogP contribution in [0, 0.1) is 0 Å². The Kier molecular flexibility index (Phi) is 36.3.